The van der Waals surface area contributed by atoms with Gasteiger partial charge in [-0.1, -0.05) is 0 Å². The van der Waals surface area contributed by atoms with Crippen molar-refractivity contribution in [3.63, 3.8) is 0 Å². The maximum atomic E-state index is 10.9. The second kappa shape index (κ2) is 2.85. The van der Waals surface area contributed by atoms with Gasteiger partial charge in [0.2, 0.25) is 0 Å². The first-order valence-corrected chi connectivity index (χ1v) is 4.41. The van der Waals surface area contributed by atoms with E-state index in [9.17, 15) is 4.79 Å². The monoisotopic (exact) mass is 239 g/mol. The van der Waals surface area contributed by atoms with Crippen molar-refractivity contribution in [2.24, 2.45) is 5.73 Å². The van der Waals surface area contributed by atoms with Crippen molar-refractivity contribution in [1.82, 2.24) is 9.61 Å². The quantitative estimate of drug-likeness (QED) is 0.813. The van der Waals surface area contributed by atoms with Crippen LogP contribution in [-0.4, -0.2) is 15.5 Å². The van der Waals surface area contributed by atoms with Gasteiger partial charge in [-0.2, -0.15) is 5.10 Å². The molecule has 0 aliphatic heterocycles. The molecule has 0 aromatic carbocycles. The van der Waals surface area contributed by atoms with Crippen molar-refractivity contribution in [1.29, 1.82) is 0 Å². The first-order chi connectivity index (χ1) is 6.20. The molecule has 0 radical (unpaired) electrons. The van der Waals surface area contributed by atoms with Crippen LogP contribution < -0.4 is 5.73 Å². The number of hydrogen-bond donors (Lipinski definition) is 1. The number of fused-ring (bicyclic) bond motifs is 1. The Balaban J connectivity index is 2.80. The van der Waals surface area contributed by atoms with Crippen LogP contribution in [0.25, 0.3) is 5.52 Å². The van der Waals surface area contributed by atoms with Gasteiger partial charge < -0.3 is 5.73 Å². The van der Waals surface area contributed by atoms with Gasteiger partial charge in [0.25, 0.3) is 5.91 Å². The first-order valence-electron chi connectivity index (χ1n) is 3.62. The molecule has 0 saturated heterocycles. The van der Waals surface area contributed by atoms with Crippen LogP contribution >= 0.6 is 15.9 Å². The number of nitrogens with zero attached hydrogens (tertiary/aromatic N) is 2. The summed E-state index contributed by atoms with van der Waals surface area (Å²) in [4.78, 5) is 10.9. The minimum atomic E-state index is -0.483. The Morgan fingerprint density at radius 3 is 3.08 bits per heavy atom. The van der Waals surface area contributed by atoms with E-state index in [1.54, 1.807) is 10.7 Å². The van der Waals surface area contributed by atoms with E-state index in [1.165, 1.54) is 6.20 Å². The van der Waals surface area contributed by atoms with Crippen molar-refractivity contribution < 1.29 is 4.79 Å². The lowest BCUT2D eigenvalue weighted by molar-refractivity contribution is 0.0999. The van der Waals surface area contributed by atoms with Crippen LogP contribution in [0.4, 0.5) is 0 Å². The summed E-state index contributed by atoms with van der Waals surface area (Å²) in [6.07, 6.45) is 3.24. The lowest BCUT2D eigenvalue weighted by atomic mass is 10.3. The Kier molecular flexibility index (Phi) is 1.81. The van der Waals surface area contributed by atoms with E-state index in [1.807, 2.05) is 12.1 Å². The Morgan fingerprint density at radius 2 is 2.38 bits per heavy atom. The predicted octanol–water partition coefficient (Wildman–Crippen LogP) is 1.20. The molecule has 0 spiro atoms. The number of carbonyl (C=O) groups is 1. The fourth-order valence-electron chi connectivity index (χ4n) is 1.13. The molecule has 0 fully saturated rings. The van der Waals surface area contributed by atoms with Crippen LogP contribution in [0.15, 0.2) is 29.0 Å². The summed E-state index contributed by atoms with van der Waals surface area (Å²) < 4.78 is 2.34. The smallest absolute Gasteiger partial charge is 0.251 e. The standard InChI is InChI=1S/C8H6BrN3O/c9-7-5(8(10)13)4-11-12-3-1-2-6(7)12/h1-4H,(H2,10,13). The van der Waals surface area contributed by atoms with Gasteiger partial charge in [-0.15, -0.1) is 0 Å². The van der Waals surface area contributed by atoms with Crippen LogP contribution in [-0.2, 0) is 0 Å². The van der Waals surface area contributed by atoms with Crippen molar-refractivity contribution in [2.75, 3.05) is 0 Å². The zero-order valence-electron chi connectivity index (χ0n) is 6.57. The fourth-order valence-corrected chi connectivity index (χ4v) is 1.74. The van der Waals surface area contributed by atoms with E-state index in [0.717, 1.165) is 5.52 Å². The van der Waals surface area contributed by atoms with E-state index in [2.05, 4.69) is 21.0 Å². The molecule has 0 aliphatic rings. The summed E-state index contributed by atoms with van der Waals surface area (Å²) in [5, 5.41) is 4.01. The largest absolute Gasteiger partial charge is 0.366 e. The number of carbonyl (C=O) groups excluding carboxylic acids is 1. The summed E-state index contributed by atoms with van der Waals surface area (Å²) in [5.74, 6) is -0.483. The van der Waals surface area contributed by atoms with Gasteiger partial charge in [0, 0.05) is 6.20 Å². The van der Waals surface area contributed by atoms with E-state index in [0.29, 0.717) is 10.0 Å². The van der Waals surface area contributed by atoms with Gasteiger partial charge in [0.1, 0.15) is 0 Å². The molecule has 13 heavy (non-hydrogen) atoms. The molecule has 0 saturated carbocycles. The highest BCUT2D eigenvalue weighted by atomic mass is 79.9. The van der Waals surface area contributed by atoms with Crippen molar-refractivity contribution >= 4 is 27.4 Å². The Hall–Kier alpha value is -1.36. The van der Waals surface area contributed by atoms with Gasteiger partial charge in [-0.3, -0.25) is 4.79 Å². The minimum absolute atomic E-state index is 0.395. The normalized spacial score (nSPS) is 10.5. The molecule has 1 amide bonds. The predicted molar refractivity (Wildman–Crippen MR) is 51.4 cm³/mol. The molecule has 0 atom stereocenters. The SMILES string of the molecule is NC(=O)c1cnn2cccc2c1Br. The summed E-state index contributed by atoms with van der Waals surface area (Å²) in [6, 6.07) is 3.70. The molecular formula is C8H6BrN3O. The molecule has 5 heteroatoms. The summed E-state index contributed by atoms with van der Waals surface area (Å²) in [5.41, 5.74) is 6.38. The molecule has 2 heterocycles. The van der Waals surface area contributed by atoms with Crippen molar-refractivity contribution in [3.8, 4) is 0 Å². The molecule has 2 aromatic heterocycles. The first kappa shape index (κ1) is 8.25. The van der Waals surface area contributed by atoms with E-state index >= 15 is 0 Å². The highest BCUT2D eigenvalue weighted by Crippen LogP contribution is 2.21. The maximum absolute atomic E-state index is 10.9. The number of primary amides is 1. The summed E-state index contributed by atoms with van der Waals surface area (Å²) in [6.45, 7) is 0. The Morgan fingerprint density at radius 1 is 1.62 bits per heavy atom. The fraction of sp³-hybridized carbons (Fsp3) is 0. The van der Waals surface area contributed by atoms with Crippen LogP contribution in [0.5, 0.6) is 0 Å². The number of halogens is 1. The van der Waals surface area contributed by atoms with E-state index in [-0.39, 0.29) is 0 Å². The number of nitrogens with two attached hydrogens (primary N) is 1. The van der Waals surface area contributed by atoms with Gasteiger partial charge >= 0.3 is 0 Å². The number of aromatic nitrogens is 2. The molecular weight excluding hydrogens is 234 g/mol. The highest BCUT2D eigenvalue weighted by molar-refractivity contribution is 9.10. The Labute approximate surface area is 82.5 Å². The second-order valence-electron chi connectivity index (χ2n) is 2.57. The third-order valence-electron chi connectivity index (χ3n) is 1.77. The number of rotatable bonds is 1. The minimum Gasteiger partial charge on any atom is -0.366 e. The van der Waals surface area contributed by atoms with Crippen molar-refractivity contribution in [2.45, 2.75) is 0 Å². The molecule has 0 aliphatic carbocycles. The average Bonchev–Trinajstić information content (AvgIpc) is 2.52. The molecule has 4 nitrogen and oxygen atoms in total. The number of amides is 1. The lowest BCUT2D eigenvalue weighted by Crippen LogP contribution is -2.13. The topological polar surface area (TPSA) is 60.4 Å². The lowest BCUT2D eigenvalue weighted by Gasteiger charge is -2.01. The third-order valence-corrected chi connectivity index (χ3v) is 2.60. The summed E-state index contributed by atoms with van der Waals surface area (Å²) in [7, 11) is 0. The van der Waals surface area contributed by atoms with Gasteiger partial charge in [-0.25, -0.2) is 4.52 Å². The molecule has 66 valence electrons. The van der Waals surface area contributed by atoms with E-state index in [4.69, 9.17) is 5.73 Å². The molecule has 0 unspecified atom stereocenters. The number of hydrogen-bond acceptors (Lipinski definition) is 2. The molecule has 0 bridgehead atoms. The average molecular weight is 240 g/mol. The molecule has 2 rings (SSSR count). The van der Waals surface area contributed by atoms with Crippen LogP contribution in [0.2, 0.25) is 0 Å². The molecule has 2 aromatic rings. The highest BCUT2D eigenvalue weighted by Gasteiger charge is 2.09. The second-order valence-corrected chi connectivity index (χ2v) is 3.37. The summed E-state index contributed by atoms with van der Waals surface area (Å²) >= 11 is 3.30. The molecule has 2 N–H and O–H groups in total. The van der Waals surface area contributed by atoms with Gasteiger partial charge in [-0.05, 0) is 28.1 Å². The zero-order chi connectivity index (χ0) is 9.42. The van der Waals surface area contributed by atoms with Crippen LogP contribution in [0.3, 0.4) is 0 Å². The van der Waals surface area contributed by atoms with Crippen LogP contribution in [0.1, 0.15) is 10.4 Å². The maximum Gasteiger partial charge on any atom is 0.251 e. The van der Waals surface area contributed by atoms with Gasteiger partial charge in [0.15, 0.2) is 0 Å². The van der Waals surface area contributed by atoms with Crippen LogP contribution in [0, 0.1) is 0 Å². The van der Waals surface area contributed by atoms with Crippen molar-refractivity contribution in [3.05, 3.63) is 34.6 Å². The third kappa shape index (κ3) is 1.21. The van der Waals surface area contributed by atoms with Gasteiger partial charge in [0.05, 0.1) is 21.7 Å². The van der Waals surface area contributed by atoms with E-state index < -0.39 is 5.91 Å². The Bertz CT molecular complexity index is 477. The zero-order valence-corrected chi connectivity index (χ0v) is 8.15.